The van der Waals surface area contributed by atoms with Gasteiger partial charge in [0.05, 0.1) is 5.92 Å². The Morgan fingerprint density at radius 2 is 1.90 bits per heavy atom. The Kier molecular flexibility index (Phi) is 6.43. The Morgan fingerprint density at radius 1 is 1.13 bits per heavy atom. The summed E-state index contributed by atoms with van der Waals surface area (Å²) in [6, 6.07) is 18.2. The van der Waals surface area contributed by atoms with E-state index in [1.807, 2.05) is 42.5 Å². The molecule has 6 heteroatoms. The molecule has 1 aromatic heterocycles. The Labute approximate surface area is 185 Å². The maximum Gasteiger partial charge on any atom is 0.225 e. The third-order valence-corrected chi connectivity index (χ3v) is 5.98. The average Bonchev–Trinajstić information content (AvgIpc) is 2.79. The van der Waals surface area contributed by atoms with Gasteiger partial charge in [-0.2, -0.15) is 0 Å². The van der Waals surface area contributed by atoms with Crippen LogP contribution in [0.3, 0.4) is 0 Å². The van der Waals surface area contributed by atoms with E-state index < -0.39 is 0 Å². The summed E-state index contributed by atoms with van der Waals surface area (Å²) in [4.78, 5) is 24.2. The molecular formula is C24H25BrN4O. The van der Waals surface area contributed by atoms with E-state index in [0.29, 0.717) is 18.9 Å². The van der Waals surface area contributed by atoms with Crippen molar-refractivity contribution in [3.63, 3.8) is 0 Å². The monoisotopic (exact) mass is 464 g/mol. The zero-order chi connectivity index (χ0) is 20.9. The number of nitrogens with zero attached hydrogens (tertiary/aromatic N) is 3. The minimum absolute atomic E-state index is 0.0352. The molecule has 1 N–H and O–H groups in total. The number of hydrogen-bond acceptors (Lipinski definition) is 4. The lowest BCUT2D eigenvalue weighted by Gasteiger charge is -2.33. The molecule has 1 aliphatic heterocycles. The van der Waals surface area contributed by atoms with Crippen molar-refractivity contribution in [1.29, 1.82) is 0 Å². The zero-order valence-corrected chi connectivity index (χ0v) is 18.6. The SMILES string of the molecule is Cc1ccc(-c2nccc(N3CCC[C@@H](C(=O)NCc4ccc(Br)cc4)C3)n2)cc1. The van der Waals surface area contributed by atoms with Gasteiger partial charge in [-0.3, -0.25) is 4.79 Å². The van der Waals surface area contributed by atoms with Gasteiger partial charge < -0.3 is 10.2 Å². The van der Waals surface area contributed by atoms with Crippen LogP contribution in [0, 0.1) is 12.8 Å². The van der Waals surface area contributed by atoms with Crippen molar-refractivity contribution in [3.8, 4) is 11.4 Å². The summed E-state index contributed by atoms with van der Waals surface area (Å²) in [6.45, 7) is 4.20. The highest BCUT2D eigenvalue weighted by molar-refractivity contribution is 9.10. The highest BCUT2D eigenvalue weighted by Crippen LogP contribution is 2.24. The fourth-order valence-corrected chi connectivity index (χ4v) is 3.97. The van der Waals surface area contributed by atoms with Gasteiger partial charge in [-0.1, -0.05) is 57.9 Å². The zero-order valence-electron chi connectivity index (χ0n) is 17.0. The van der Waals surface area contributed by atoms with Crippen LogP contribution < -0.4 is 10.2 Å². The molecule has 3 aromatic rings. The second-order valence-corrected chi connectivity index (χ2v) is 8.65. The molecule has 0 bridgehead atoms. The van der Waals surface area contributed by atoms with E-state index in [4.69, 9.17) is 4.98 Å². The number of amides is 1. The average molecular weight is 465 g/mol. The second-order valence-electron chi connectivity index (χ2n) is 7.73. The number of anilines is 1. The van der Waals surface area contributed by atoms with Crippen LogP contribution in [0.2, 0.25) is 0 Å². The topological polar surface area (TPSA) is 58.1 Å². The van der Waals surface area contributed by atoms with Gasteiger partial charge in [-0.05, 0) is 43.5 Å². The molecule has 154 valence electrons. The summed E-state index contributed by atoms with van der Waals surface area (Å²) in [5, 5.41) is 3.09. The molecule has 1 fully saturated rings. The number of aryl methyl sites for hydroxylation is 1. The fraction of sp³-hybridized carbons (Fsp3) is 0.292. The molecule has 1 aliphatic rings. The summed E-state index contributed by atoms with van der Waals surface area (Å²) < 4.78 is 1.04. The lowest BCUT2D eigenvalue weighted by atomic mass is 9.97. The van der Waals surface area contributed by atoms with E-state index in [9.17, 15) is 4.79 Å². The largest absolute Gasteiger partial charge is 0.356 e. The molecule has 5 nitrogen and oxygen atoms in total. The van der Waals surface area contributed by atoms with Crippen molar-refractivity contribution in [2.45, 2.75) is 26.3 Å². The van der Waals surface area contributed by atoms with Crippen molar-refractivity contribution in [2.24, 2.45) is 5.92 Å². The molecule has 0 saturated carbocycles. The molecular weight excluding hydrogens is 440 g/mol. The highest BCUT2D eigenvalue weighted by atomic mass is 79.9. The van der Waals surface area contributed by atoms with Crippen molar-refractivity contribution < 1.29 is 4.79 Å². The highest BCUT2D eigenvalue weighted by Gasteiger charge is 2.26. The van der Waals surface area contributed by atoms with E-state index in [1.54, 1.807) is 6.20 Å². The summed E-state index contributed by atoms with van der Waals surface area (Å²) in [6.07, 6.45) is 3.67. The number of rotatable bonds is 5. The van der Waals surface area contributed by atoms with Gasteiger partial charge in [0, 0.05) is 35.9 Å². The molecule has 1 amide bonds. The van der Waals surface area contributed by atoms with Gasteiger partial charge in [-0.15, -0.1) is 0 Å². The van der Waals surface area contributed by atoms with Gasteiger partial charge >= 0.3 is 0 Å². The third-order valence-electron chi connectivity index (χ3n) is 5.45. The Balaban J connectivity index is 1.41. The first kappa shape index (κ1) is 20.5. The minimum Gasteiger partial charge on any atom is -0.356 e. The first-order valence-corrected chi connectivity index (χ1v) is 11.0. The van der Waals surface area contributed by atoms with Gasteiger partial charge in [0.2, 0.25) is 5.91 Å². The van der Waals surface area contributed by atoms with Gasteiger partial charge in [0.1, 0.15) is 5.82 Å². The Bertz CT molecular complexity index is 1000. The molecule has 0 unspecified atom stereocenters. The van der Waals surface area contributed by atoms with Crippen LogP contribution in [0.1, 0.15) is 24.0 Å². The van der Waals surface area contributed by atoms with Crippen molar-refractivity contribution in [3.05, 3.63) is 76.4 Å². The molecule has 2 heterocycles. The first-order chi connectivity index (χ1) is 14.6. The van der Waals surface area contributed by atoms with Gasteiger partial charge in [-0.25, -0.2) is 9.97 Å². The van der Waals surface area contributed by atoms with Gasteiger partial charge in [0.15, 0.2) is 5.82 Å². The molecule has 0 radical (unpaired) electrons. The van der Waals surface area contributed by atoms with Crippen LogP contribution in [-0.4, -0.2) is 29.0 Å². The smallest absolute Gasteiger partial charge is 0.225 e. The third kappa shape index (κ3) is 5.05. The van der Waals surface area contributed by atoms with Crippen molar-refractivity contribution in [1.82, 2.24) is 15.3 Å². The molecule has 30 heavy (non-hydrogen) atoms. The Hall–Kier alpha value is -2.73. The van der Waals surface area contributed by atoms with Crippen molar-refractivity contribution >= 4 is 27.7 Å². The number of carbonyl (C=O) groups excluding carboxylic acids is 1. The number of hydrogen-bond donors (Lipinski definition) is 1. The summed E-state index contributed by atoms with van der Waals surface area (Å²) in [7, 11) is 0. The molecule has 1 saturated heterocycles. The van der Waals surface area contributed by atoms with E-state index in [1.165, 1.54) is 5.56 Å². The quantitative estimate of drug-likeness (QED) is 0.591. The van der Waals surface area contributed by atoms with E-state index in [2.05, 4.69) is 50.2 Å². The summed E-state index contributed by atoms with van der Waals surface area (Å²) in [5.74, 6) is 1.67. The number of halogens is 1. The number of carbonyl (C=O) groups is 1. The van der Waals surface area contributed by atoms with E-state index in [-0.39, 0.29) is 11.8 Å². The van der Waals surface area contributed by atoms with Crippen LogP contribution in [0.4, 0.5) is 5.82 Å². The predicted molar refractivity (Wildman–Crippen MR) is 123 cm³/mol. The van der Waals surface area contributed by atoms with E-state index >= 15 is 0 Å². The molecule has 0 spiro atoms. The number of benzene rings is 2. The minimum atomic E-state index is -0.0352. The lowest BCUT2D eigenvalue weighted by Crippen LogP contribution is -2.43. The number of nitrogens with one attached hydrogen (secondary N) is 1. The van der Waals surface area contributed by atoms with Crippen LogP contribution in [-0.2, 0) is 11.3 Å². The number of piperidine rings is 1. The molecule has 0 aliphatic carbocycles. The standard InChI is InChI=1S/C24H25BrN4O/c1-17-4-8-19(9-5-17)23-26-13-12-22(28-23)29-14-2-3-20(16-29)24(30)27-15-18-6-10-21(25)11-7-18/h4-13,20H,2-3,14-16H2,1H3,(H,27,30)/t20-/m1/s1. The fourth-order valence-electron chi connectivity index (χ4n) is 3.70. The normalized spacial score (nSPS) is 16.3. The van der Waals surface area contributed by atoms with Crippen LogP contribution in [0.25, 0.3) is 11.4 Å². The van der Waals surface area contributed by atoms with Crippen LogP contribution in [0.15, 0.2) is 65.3 Å². The number of aromatic nitrogens is 2. The molecule has 2 aromatic carbocycles. The first-order valence-electron chi connectivity index (χ1n) is 10.3. The van der Waals surface area contributed by atoms with Crippen LogP contribution >= 0.6 is 15.9 Å². The Morgan fingerprint density at radius 3 is 2.67 bits per heavy atom. The predicted octanol–water partition coefficient (Wildman–Crippen LogP) is 4.75. The van der Waals surface area contributed by atoms with Gasteiger partial charge in [0.25, 0.3) is 0 Å². The van der Waals surface area contributed by atoms with Crippen molar-refractivity contribution in [2.75, 3.05) is 18.0 Å². The second kappa shape index (κ2) is 9.39. The lowest BCUT2D eigenvalue weighted by molar-refractivity contribution is -0.125. The van der Waals surface area contributed by atoms with Crippen LogP contribution in [0.5, 0.6) is 0 Å². The van der Waals surface area contributed by atoms with E-state index in [0.717, 1.165) is 40.8 Å². The summed E-state index contributed by atoms with van der Waals surface area (Å²) >= 11 is 3.44. The maximum atomic E-state index is 12.8. The maximum absolute atomic E-state index is 12.8. The molecule has 4 rings (SSSR count). The summed E-state index contributed by atoms with van der Waals surface area (Å²) in [5.41, 5.74) is 3.31. The molecule has 1 atom stereocenters.